The Balaban J connectivity index is 2.24. The van der Waals surface area contributed by atoms with Crippen molar-refractivity contribution in [3.05, 3.63) is 0 Å². The number of aliphatic hydroxyl groups excluding tert-OH is 2. The molecular formula is C11H20O5. The zero-order valence-corrected chi connectivity index (χ0v) is 9.59. The van der Waals surface area contributed by atoms with Crippen LogP contribution in [0.4, 0.5) is 0 Å². The average Bonchev–Trinajstić information content (AvgIpc) is 2.60. The normalized spacial score (nSPS) is 29.3. The van der Waals surface area contributed by atoms with Crippen molar-refractivity contribution in [3.8, 4) is 0 Å². The van der Waals surface area contributed by atoms with Crippen molar-refractivity contribution in [1.82, 2.24) is 0 Å². The minimum atomic E-state index is -0.917. The zero-order chi connectivity index (χ0) is 12.0. The minimum absolute atomic E-state index is 0.159. The summed E-state index contributed by atoms with van der Waals surface area (Å²) in [6.07, 6.45) is 1.05. The monoisotopic (exact) mass is 232 g/mol. The van der Waals surface area contributed by atoms with Gasteiger partial charge in [-0.05, 0) is 6.42 Å². The maximum absolute atomic E-state index is 11.4. The van der Waals surface area contributed by atoms with Gasteiger partial charge in [-0.2, -0.15) is 0 Å². The van der Waals surface area contributed by atoms with E-state index in [2.05, 4.69) is 6.92 Å². The van der Waals surface area contributed by atoms with Gasteiger partial charge in [-0.15, -0.1) is 0 Å². The number of unbranched alkanes of at least 4 members (excludes halogenated alkanes) is 2. The van der Waals surface area contributed by atoms with E-state index >= 15 is 0 Å². The molecule has 0 aromatic heterocycles. The molecule has 1 aliphatic rings. The van der Waals surface area contributed by atoms with Crippen LogP contribution in [0, 0.1) is 0 Å². The van der Waals surface area contributed by atoms with Crippen LogP contribution in [0.1, 0.15) is 32.6 Å². The molecule has 94 valence electrons. The van der Waals surface area contributed by atoms with E-state index in [1.54, 1.807) is 0 Å². The molecule has 1 rings (SSSR count). The molecular weight excluding hydrogens is 212 g/mol. The molecule has 5 heteroatoms. The number of carbonyl (C=O) groups is 1. The summed E-state index contributed by atoms with van der Waals surface area (Å²) in [4.78, 5) is 11.4. The van der Waals surface area contributed by atoms with Crippen molar-refractivity contribution in [1.29, 1.82) is 0 Å². The van der Waals surface area contributed by atoms with E-state index in [4.69, 9.17) is 14.6 Å². The lowest BCUT2D eigenvalue weighted by Gasteiger charge is -2.16. The third kappa shape index (κ3) is 3.73. The third-order valence-electron chi connectivity index (χ3n) is 2.68. The second-order valence-corrected chi connectivity index (χ2v) is 4.03. The molecule has 2 N–H and O–H groups in total. The molecule has 0 aromatic rings. The van der Waals surface area contributed by atoms with Gasteiger partial charge in [0.25, 0.3) is 0 Å². The standard InChI is InChI=1S/C11H20O5/c1-2-3-4-5-10(13)16-9-7-15-8(6-12)11(9)14/h8-9,11-12,14H,2-7H2,1H3/t8-,9+,11-/m0/s1. The molecule has 1 fully saturated rings. The van der Waals surface area contributed by atoms with Gasteiger partial charge in [-0.1, -0.05) is 19.8 Å². The molecule has 1 heterocycles. The highest BCUT2D eigenvalue weighted by Gasteiger charge is 2.37. The lowest BCUT2D eigenvalue weighted by molar-refractivity contribution is -0.153. The lowest BCUT2D eigenvalue weighted by atomic mass is 10.1. The summed E-state index contributed by atoms with van der Waals surface area (Å²) < 4.78 is 10.2. The first kappa shape index (κ1) is 13.4. The fourth-order valence-corrected chi connectivity index (χ4v) is 1.67. The van der Waals surface area contributed by atoms with Crippen LogP contribution in [0.25, 0.3) is 0 Å². The van der Waals surface area contributed by atoms with Crippen LogP contribution < -0.4 is 0 Å². The summed E-state index contributed by atoms with van der Waals surface area (Å²) in [5, 5.41) is 18.4. The number of carbonyl (C=O) groups excluding carboxylic acids is 1. The third-order valence-corrected chi connectivity index (χ3v) is 2.68. The number of esters is 1. The molecule has 0 bridgehead atoms. The maximum Gasteiger partial charge on any atom is 0.306 e. The SMILES string of the molecule is CCCCCC(=O)O[C@@H]1CO[C@@H](CO)[C@@H]1O. The molecule has 0 aromatic carbocycles. The van der Waals surface area contributed by atoms with E-state index in [0.717, 1.165) is 19.3 Å². The van der Waals surface area contributed by atoms with E-state index < -0.39 is 18.3 Å². The van der Waals surface area contributed by atoms with E-state index in [9.17, 15) is 9.90 Å². The highest BCUT2D eigenvalue weighted by atomic mass is 16.6. The van der Waals surface area contributed by atoms with Gasteiger partial charge in [0.2, 0.25) is 0 Å². The molecule has 1 aliphatic heterocycles. The van der Waals surface area contributed by atoms with Crippen molar-refractivity contribution in [2.45, 2.75) is 50.9 Å². The summed E-state index contributed by atoms with van der Waals surface area (Å²) in [5.74, 6) is -0.306. The summed E-state index contributed by atoms with van der Waals surface area (Å²) in [7, 11) is 0. The van der Waals surface area contributed by atoms with Crippen LogP contribution in [-0.4, -0.2) is 47.7 Å². The molecule has 0 aliphatic carbocycles. The minimum Gasteiger partial charge on any atom is -0.457 e. The Morgan fingerprint density at radius 1 is 1.50 bits per heavy atom. The van der Waals surface area contributed by atoms with E-state index in [1.165, 1.54) is 0 Å². The fourth-order valence-electron chi connectivity index (χ4n) is 1.67. The van der Waals surface area contributed by atoms with Crippen LogP contribution in [0.2, 0.25) is 0 Å². The Morgan fingerprint density at radius 3 is 2.81 bits per heavy atom. The van der Waals surface area contributed by atoms with E-state index in [0.29, 0.717) is 6.42 Å². The second-order valence-electron chi connectivity index (χ2n) is 4.03. The Kier molecular flexibility index (Phi) is 5.73. The predicted molar refractivity (Wildman–Crippen MR) is 56.9 cm³/mol. The number of aliphatic hydroxyl groups is 2. The van der Waals surface area contributed by atoms with E-state index in [-0.39, 0.29) is 19.2 Å². The molecule has 1 saturated heterocycles. The first-order valence-electron chi connectivity index (χ1n) is 5.79. The fraction of sp³-hybridized carbons (Fsp3) is 0.909. The second kappa shape index (κ2) is 6.83. The Labute approximate surface area is 95.4 Å². The number of rotatable bonds is 6. The molecule has 5 nitrogen and oxygen atoms in total. The van der Waals surface area contributed by atoms with Gasteiger partial charge in [0.15, 0.2) is 6.10 Å². The van der Waals surface area contributed by atoms with Crippen molar-refractivity contribution in [2.24, 2.45) is 0 Å². The van der Waals surface area contributed by atoms with Crippen LogP contribution >= 0.6 is 0 Å². The van der Waals surface area contributed by atoms with Gasteiger partial charge in [0.05, 0.1) is 13.2 Å². The number of hydrogen-bond acceptors (Lipinski definition) is 5. The van der Waals surface area contributed by atoms with Crippen molar-refractivity contribution in [2.75, 3.05) is 13.2 Å². The molecule has 0 radical (unpaired) electrons. The van der Waals surface area contributed by atoms with Crippen molar-refractivity contribution >= 4 is 5.97 Å². The average molecular weight is 232 g/mol. The molecule has 0 unspecified atom stereocenters. The predicted octanol–water partition coefficient (Wildman–Crippen LogP) is 0.230. The quantitative estimate of drug-likeness (QED) is 0.506. The number of hydrogen-bond donors (Lipinski definition) is 2. The summed E-state index contributed by atoms with van der Waals surface area (Å²) >= 11 is 0. The van der Waals surface area contributed by atoms with Gasteiger partial charge in [0, 0.05) is 6.42 Å². The Morgan fingerprint density at radius 2 is 2.25 bits per heavy atom. The Bertz CT molecular complexity index is 218. The highest BCUT2D eigenvalue weighted by Crippen LogP contribution is 2.17. The molecule has 0 saturated carbocycles. The molecule has 16 heavy (non-hydrogen) atoms. The molecule has 0 spiro atoms. The van der Waals surface area contributed by atoms with Crippen molar-refractivity contribution in [3.63, 3.8) is 0 Å². The first-order valence-corrected chi connectivity index (χ1v) is 5.79. The number of ether oxygens (including phenoxy) is 2. The van der Waals surface area contributed by atoms with Gasteiger partial charge in [0.1, 0.15) is 12.2 Å². The van der Waals surface area contributed by atoms with Crippen molar-refractivity contribution < 1.29 is 24.5 Å². The zero-order valence-electron chi connectivity index (χ0n) is 9.59. The molecule has 3 atom stereocenters. The van der Waals surface area contributed by atoms with Crippen LogP contribution in [-0.2, 0) is 14.3 Å². The summed E-state index contributed by atoms with van der Waals surface area (Å²) in [5.41, 5.74) is 0. The van der Waals surface area contributed by atoms with Gasteiger partial charge in [-0.25, -0.2) is 0 Å². The van der Waals surface area contributed by atoms with Gasteiger partial charge < -0.3 is 19.7 Å². The summed E-state index contributed by atoms with van der Waals surface area (Å²) in [6.45, 7) is 1.96. The summed E-state index contributed by atoms with van der Waals surface area (Å²) in [6, 6.07) is 0. The van der Waals surface area contributed by atoms with Gasteiger partial charge >= 0.3 is 5.97 Å². The topological polar surface area (TPSA) is 76.0 Å². The maximum atomic E-state index is 11.4. The van der Waals surface area contributed by atoms with Crippen LogP contribution in [0.15, 0.2) is 0 Å². The highest BCUT2D eigenvalue weighted by molar-refractivity contribution is 5.69. The smallest absolute Gasteiger partial charge is 0.306 e. The first-order chi connectivity index (χ1) is 7.69. The molecule has 0 amide bonds. The Hall–Kier alpha value is -0.650. The van der Waals surface area contributed by atoms with Crippen LogP contribution in [0.5, 0.6) is 0 Å². The lowest BCUT2D eigenvalue weighted by Crippen LogP contribution is -2.35. The van der Waals surface area contributed by atoms with Crippen LogP contribution in [0.3, 0.4) is 0 Å². The van der Waals surface area contributed by atoms with Gasteiger partial charge in [-0.3, -0.25) is 4.79 Å². The largest absolute Gasteiger partial charge is 0.457 e. The van der Waals surface area contributed by atoms with E-state index in [1.807, 2.05) is 0 Å².